The molecule has 3 heterocycles. The van der Waals surface area contributed by atoms with Crippen molar-refractivity contribution < 1.29 is 9.90 Å². The van der Waals surface area contributed by atoms with E-state index in [2.05, 4.69) is 16.5 Å². The van der Waals surface area contributed by atoms with Crippen molar-refractivity contribution in [3.8, 4) is 0 Å². The van der Waals surface area contributed by atoms with Gasteiger partial charge in [0.1, 0.15) is 5.82 Å². The van der Waals surface area contributed by atoms with E-state index < -0.39 is 6.10 Å². The van der Waals surface area contributed by atoms with Gasteiger partial charge in [0.25, 0.3) is 0 Å². The predicted octanol–water partition coefficient (Wildman–Crippen LogP) is 1.42. The highest BCUT2D eigenvalue weighted by Gasteiger charge is 2.33. The van der Waals surface area contributed by atoms with Crippen LogP contribution in [0.25, 0.3) is 0 Å². The first kappa shape index (κ1) is 17.0. The maximum atomic E-state index is 11.8. The second-order valence-corrected chi connectivity index (χ2v) is 7.88. The van der Waals surface area contributed by atoms with Gasteiger partial charge in [0.2, 0.25) is 5.91 Å². The minimum absolute atomic E-state index is 0.189. The fourth-order valence-electron chi connectivity index (χ4n) is 4.82. The summed E-state index contributed by atoms with van der Waals surface area (Å²) in [5.74, 6) is 1.36. The van der Waals surface area contributed by atoms with Crippen LogP contribution in [0.15, 0.2) is 0 Å². The molecule has 6 nitrogen and oxygen atoms in total. The normalized spacial score (nSPS) is 25.6. The number of β-amino-alcohol motifs (C(OH)–C–C–N with tert-alkyl or cyclic N) is 1. The van der Waals surface area contributed by atoms with E-state index in [1.807, 2.05) is 4.90 Å². The van der Waals surface area contributed by atoms with Crippen LogP contribution in [-0.2, 0) is 24.7 Å². The van der Waals surface area contributed by atoms with E-state index in [0.29, 0.717) is 25.6 Å². The zero-order chi connectivity index (χ0) is 17.4. The molecule has 3 aliphatic rings. The van der Waals surface area contributed by atoms with Crippen LogP contribution in [0.5, 0.6) is 0 Å². The number of likely N-dealkylation sites (tertiary alicyclic amines) is 2. The smallest absolute Gasteiger partial charge is 0.222 e. The Morgan fingerprint density at radius 3 is 2.72 bits per heavy atom. The third-order valence-corrected chi connectivity index (χ3v) is 6.12. The average Bonchev–Trinajstić information content (AvgIpc) is 3.29. The minimum Gasteiger partial charge on any atom is -0.390 e. The van der Waals surface area contributed by atoms with E-state index in [9.17, 15) is 9.90 Å². The number of fused-ring (bicyclic) bond motifs is 1. The number of imidazole rings is 1. The van der Waals surface area contributed by atoms with E-state index in [4.69, 9.17) is 4.98 Å². The minimum atomic E-state index is -0.474. The van der Waals surface area contributed by atoms with Crippen molar-refractivity contribution in [2.75, 3.05) is 26.2 Å². The van der Waals surface area contributed by atoms with Crippen molar-refractivity contribution in [3.05, 3.63) is 17.2 Å². The van der Waals surface area contributed by atoms with Crippen molar-refractivity contribution in [2.24, 2.45) is 7.05 Å². The highest BCUT2D eigenvalue weighted by molar-refractivity contribution is 5.78. The zero-order valence-corrected chi connectivity index (χ0v) is 15.3. The van der Waals surface area contributed by atoms with E-state index in [-0.39, 0.29) is 5.91 Å². The molecule has 1 aromatic rings. The van der Waals surface area contributed by atoms with Gasteiger partial charge in [-0.15, -0.1) is 0 Å². The molecule has 25 heavy (non-hydrogen) atoms. The summed E-state index contributed by atoms with van der Waals surface area (Å²) in [7, 11) is 2.16. The predicted molar refractivity (Wildman–Crippen MR) is 95.2 cm³/mol. The number of aliphatic hydroxyl groups excluding tert-OH is 1. The third-order valence-electron chi connectivity index (χ3n) is 6.12. The van der Waals surface area contributed by atoms with E-state index >= 15 is 0 Å². The number of hydrogen-bond acceptors (Lipinski definition) is 4. The molecule has 1 aliphatic carbocycles. The van der Waals surface area contributed by atoms with Gasteiger partial charge in [0.15, 0.2) is 0 Å². The van der Waals surface area contributed by atoms with Gasteiger partial charge in [0, 0.05) is 38.8 Å². The first-order chi connectivity index (χ1) is 12.1. The van der Waals surface area contributed by atoms with Crippen LogP contribution < -0.4 is 0 Å². The van der Waals surface area contributed by atoms with Gasteiger partial charge in [-0.2, -0.15) is 0 Å². The molecule has 0 aromatic carbocycles. The van der Waals surface area contributed by atoms with Gasteiger partial charge in [-0.05, 0) is 51.5 Å². The third kappa shape index (κ3) is 3.34. The molecule has 2 aliphatic heterocycles. The van der Waals surface area contributed by atoms with Crippen LogP contribution in [-0.4, -0.2) is 62.6 Å². The monoisotopic (exact) mass is 346 g/mol. The Balaban J connectivity index is 1.44. The Kier molecular flexibility index (Phi) is 4.82. The van der Waals surface area contributed by atoms with Crippen LogP contribution >= 0.6 is 0 Å². The quantitative estimate of drug-likeness (QED) is 0.876. The number of amides is 1. The summed E-state index contributed by atoms with van der Waals surface area (Å²) in [6, 6.07) is 0.305. The lowest BCUT2D eigenvalue weighted by Crippen LogP contribution is -2.41. The Morgan fingerprint density at radius 2 is 1.96 bits per heavy atom. The van der Waals surface area contributed by atoms with Gasteiger partial charge >= 0.3 is 0 Å². The first-order valence-electron chi connectivity index (χ1n) is 9.87. The van der Waals surface area contributed by atoms with Crippen LogP contribution in [0.2, 0.25) is 0 Å². The molecule has 0 unspecified atom stereocenters. The molecule has 2 atom stereocenters. The molecule has 1 N–H and O–H groups in total. The Labute approximate surface area is 149 Å². The van der Waals surface area contributed by atoms with Crippen molar-refractivity contribution in [1.82, 2.24) is 19.4 Å². The molecular formula is C19H30N4O2. The molecule has 138 valence electrons. The second kappa shape index (κ2) is 7.08. The van der Waals surface area contributed by atoms with Crippen LogP contribution in [0.1, 0.15) is 61.8 Å². The largest absolute Gasteiger partial charge is 0.390 e. The summed E-state index contributed by atoms with van der Waals surface area (Å²) in [4.78, 5) is 20.9. The lowest BCUT2D eigenvalue weighted by Gasteiger charge is -2.28. The van der Waals surface area contributed by atoms with Crippen LogP contribution in [0.3, 0.4) is 0 Å². The van der Waals surface area contributed by atoms with E-state index in [0.717, 1.165) is 45.2 Å². The van der Waals surface area contributed by atoms with Crippen molar-refractivity contribution >= 4 is 5.91 Å². The highest BCUT2D eigenvalue weighted by Crippen LogP contribution is 2.33. The fourth-order valence-corrected chi connectivity index (χ4v) is 4.82. The molecule has 1 aromatic heterocycles. The number of nitrogens with zero attached hydrogens (tertiary/aromatic N) is 4. The molecule has 2 fully saturated rings. The summed E-state index contributed by atoms with van der Waals surface area (Å²) in [5, 5.41) is 10.5. The van der Waals surface area contributed by atoms with Gasteiger partial charge in [-0.3, -0.25) is 9.69 Å². The van der Waals surface area contributed by atoms with Gasteiger partial charge in [-0.1, -0.05) is 0 Å². The highest BCUT2D eigenvalue weighted by atomic mass is 16.3. The molecule has 0 bridgehead atoms. The maximum Gasteiger partial charge on any atom is 0.222 e. The summed E-state index contributed by atoms with van der Waals surface area (Å²) in [5.41, 5.74) is 2.70. The lowest BCUT2D eigenvalue weighted by molar-refractivity contribution is -0.129. The van der Waals surface area contributed by atoms with E-state index in [1.165, 1.54) is 30.1 Å². The number of rotatable bonds is 5. The van der Waals surface area contributed by atoms with Crippen LogP contribution in [0, 0.1) is 0 Å². The number of aromatic nitrogens is 2. The molecule has 6 heteroatoms. The summed E-state index contributed by atoms with van der Waals surface area (Å²) in [6.45, 7) is 2.91. The number of hydrogen-bond donors (Lipinski definition) is 1. The molecule has 0 saturated carbocycles. The second-order valence-electron chi connectivity index (χ2n) is 7.88. The van der Waals surface area contributed by atoms with Gasteiger partial charge < -0.3 is 14.6 Å². The number of aryl methyl sites for hydroxylation is 1. The number of aliphatic hydroxyl groups is 1. The fraction of sp³-hybridized carbons (Fsp3) is 0.789. The Hall–Kier alpha value is -1.40. The summed E-state index contributed by atoms with van der Waals surface area (Å²) < 4.78 is 2.31. The van der Waals surface area contributed by atoms with Crippen molar-refractivity contribution in [2.45, 2.75) is 63.5 Å². The average molecular weight is 346 g/mol. The zero-order valence-electron chi connectivity index (χ0n) is 15.3. The summed E-state index contributed by atoms with van der Waals surface area (Å²) >= 11 is 0. The molecule has 4 rings (SSSR count). The topological polar surface area (TPSA) is 61.6 Å². The van der Waals surface area contributed by atoms with Crippen molar-refractivity contribution in [3.63, 3.8) is 0 Å². The molecule has 1 amide bonds. The number of carbonyl (C=O) groups excluding carboxylic acids is 1. The molecule has 0 radical (unpaired) electrons. The van der Waals surface area contributed by atoms with Crippen molar-refractivity contribution in [1.29, 1.82) is 0 Å². The molecule has 0 spiro atoms. The lowest BCUT2D eigenvalue weighted by atomic mass is 10.0. The van der Waals surface area contributed by atoms with Crippen LogP contribution in [0.4, 0.5) is 0 Å². The Bertz CT molecular complexity index is 642. The Morgan fingerprint density at radius 1 is 1.12 bits per heavy atom. The van der Waals surface area contributed by atoms with Gasteiger partial charge in [0.05, 0.1) is 17.8 Å². The van der Waals surface area contributed by atoms with Gasteiger partial charge in [-0.25, -0.2) is 4.98 Å². The molecule has 2 saturated heterocycles. The molecular weight excluding hydrogens is 316 g/mol. The number of carbonyl (C=O) groups is 1. The summed E-state index contributed by atoms with van der Waals surface area (Å²) in [6.07, 6.45) is 8.12. The standard InChI is InChI=1S/C19H30N4O2/c1-21-16-7-3-2-6-15(16)20-19(21)17-8-4-10-22(17)12-14(24)13-23-11-5-9-18(23)25/h14,17,24H,2-13H2,1H3/t14-,17-/m1/s1. The maximum absolute atomic E-state index is 11.8. The van der Waals surface area contributed by atoms with E-state index in [1.54, 1.807) is 0 Å². The SMILES string of the molecule is Cn1c([C@H]2CCCN2C[C@@H](O)CN2CCCC2=O)nc2c1CCCC2. The first-order valence-corrected chi connectivity index (χ1v) is 9.87.